The van der Waals surface area contributed by atoms with Gasteiger partial charge in [0.25, 0.3) is 0 Å². The molecular formula is C21H18F2N2O. The van der Waals surface area contributed by atoms with Gasteiger partial charge >= 0.3 is 0 Å². The van der Waals surface area contributed by atoms with E-state index in [1.807, 2.05) is 55.5 Å². The zero-order valence-corrected chi connectivity index (χ0v) is 14.2. The van der Waals surface area contributed by atoms with E-state index in [1.165, 1.54) is 12.1 Å². The predicted molar refractivity (Wildman–Crippen MR) is 98.8 cm³/mol. The molecule has 0 aliphatic carbocycles. The Bertz CT molecular complexity index is 940. The minimum atomic E-state index is -0.670. The Morgan fingerprint density at radius 1 is 1.00 bits per heavy atom. The number of hydrogen-bond donors (Lipinski definition) is 1. The molecule has 0 radical (unpaired) electrons. The first kappa shape index (κ1) is 17.6. The number of hydrogen-bond acceptors (Lipinski definition) is 3. The fraction of sp³-hybridized carbons (Fsp3) is 0.0952. The number of rotatable bonds is 5. The Hall–Kier alpha value is -3.21. The largest absolute Gasteiger partial charge is 0.398 e. The monoisotopic (exact) mass is 352 g/mol. The number of nitrogens with zero attached hydrogens (tertiary/aromatic N) is 1. The fourth-order valence-corrected chi connectivity index (χ4v) is 2.53. The molecule has 3 aromatic carbocycles. The van der Waals surface area contributed by atoms with Gasteiger partial charge in [0.15, 0.2) is 0 Å². The first-order chi connectivity index (χ1) is 12.5. The Morgan fingerprint density at radius 2 is 1.77 bits per heavy atom. The third-order valence-electron chi connectivity index (χ3n) is 3.90. The molecule has 26 heavy (non-hydrogen) atoms. The number of nitrogens with two attached hydrogens (primary N) is 1. The van der Waals surface area contributed by atoms with Crippen LogP contribution in [0.5, 0.6) is 0 Å². The second kappa shape index (κ2) is 7.78. The van der Waals surface area contributed by atoms with E-state index in [1.54, 1.807) is 0 Å². The van der Waals surface area contributed by atoms with E-state index in [-0.39, 0.29) is 12.2 Å². The Morgan fingerprint density at radius 3 is 2.50 bits per heavy atom. The van der Waals surface area contributed by atoms with Gasteiger partial charge in [0, 0.05) is 28.4 Å². The highest BCUT2D eigenvalue weighted by atomic mass is 19.1. The molecule has 0 amide bonds. The minimum Gasteiger partial charge on any atom is -0.398 e. The third kappa shape index (κ3) is 4.06. The van der Waals surface area contributed by atoms with Crippen molar-refractivity contribution in [3.8, 4) is 0 Å². The third-order valence-corrected chi connectivity index (χ3v) is 3.90. The summed E-state index contributed by atoms with van der Waals surface area (Å²) < 4.78 is 26.7. The van der Waals surface area contributed by atoms with Gasteiger partial charge in [-0.1, -0.05) is 47.1 Å². The Balaban J connectivity index is 1.93. The lowest BCUT2D eigenvalue weighted by Crippen LogP contribution is -2.08. The van der Waals surface area contributed by atoms with Crippen LogP contribution in [0.2, 0.25) is 0 Å². The molecule has 0 saturated carbocycles. The minimum absolute atomic E-state index is 0.117. The van der Waals surface area contributed by atoms with Crippen LogP contribution in [0.1, 0.15) is 22.3 Å². The summed E-state index contributed by atoms with van der Waals surface area (Å²) in [4.78, 5) is 5.38. The number of nitrogen functional groups attached to an aromatic ring is 1. The van der Waals surface area contributed by atoms with Crippen molar-refractivity contribution in [3.05, 3.63) is 101 Å². The highest BCUT2D eigenvalue weighted by Crippen LogP contribution is 2.20. The summed E-state index contributed by atoms with van der Waals surface area (Å²) in [5.41, 5.74) is 10.0. The van der Waals surface area contributed by atoms with Crippen LogP contribution in [0.3, 0.4) is 0 Å². The van der Waals surface area contributed by atoms with E-state index in [0.29, 0.717) is 11.4 Å². The van der Waals surface area contributed by atoms with Crippen molar-refractivity contribution < 1.29 is 13.6 Å². The van der Waals surface area contributed by atoms with Gasteiger partial charge in [-0.15, -0.1) is 0 Å². The van der Waals surface area contributed by atoms with Gasteiger partial charge in [0.05, 0.1) is 0 Å². The number of anilines is 1. The quantitative estimate of drug-likeness (QED) is 0.406. The highest BCUT2D eigenvalue weighted by Gasteiger charge is 2.12. The van der Waals surface area contributed by atoms with Gasteiger partial charge in [-0.3, -0.25) is 0 Å². The maximum Gasteiger partial charge on any atom is 0.145 e. The molecule has 0 bridgehead atoms. The second-order valence-corrected chi connectivity index (χ2v) is 5.91. The maximum absolute atomic E-state index is 13.7. The molecule has 0 spiro atoms. The molecule has 3 rings (SSSR count). The molecule has 3 aromatic rings. The molecule has 2 N–H and O–H groups in total. The molecule has 0 aliphatic rings. The van der Waals surface area contributed by atoms with Crippen molar-refractivity contribution in [2.24, 2.45) is 5.16 Å². The van der Waals surface area contributed by atoms with Gasteiger partial charge in [-0.2, -0.15) is 0 Å². The molecule has 0 atom stereocenters. The zero-order valence-electron chi connectivity index (χ0n) is 14.2. The summed E-state index contributed by atoms with van der Waals surface area (Å²) in [7, 11) is 0. The average molecular weight is 352 g/mol. The van der Waals surface area contributed by atoms with Crippen molar-refractivity contribution >= 4 is 11.4 Å². The van der Waals surface area contributed by atoms with Gasteiger partial charge in [-0.05, 0) is 31.2 Å². The number of oxime groups is 1. The summed E-state index contributed by atoms with van der Waals surface area (Å²) in [5, 5.41) is 4.20. The summed E-state index contributed by atoms with van der Waals surface area (Å²) >= 11 is 0. The lowest BCUT2D eigenvalue weighted by molar-refractivity contribution is 0.128. The van der Waals surface area contributed by atoms with E-state index >= 15 is 0 Å². The number of halogens is 2. The Labute approximate surface area is 150 Å². The fourth-order valence-electron chi connectivity index (χ4n) is 2.53. The smallest absolute Gasteiger partial charge is 0.145 e. The van der Waals surface area contributed by atoms with Gasteiger partial charge in [0.1, 0.15) is 24.0 Å². The first-order valence-corrected chi connectivity index (χ1v) is 8.10. The van der Waals surface area contributed by atoms with Crippen LogP contribution in [0.15, 0.2) is 71.9 Å². The zero-order chi connectivity index (χ0) is 18.5. The maximum atomic E-state index is 13.7. The summed E-state index contributed by atoms with van der Waals surface area (Å²) in [6.07, 6.45) is 0. The van der Waals surface area contributed by atoms with Crippen LogP contribution in [0.4, 0.5) is 14.5 Å². The number of aryl methyl sites for hydroxylation is 1. The van der Waals surface area contributed by atoms with Crippen LogP contribution in [0, 0.1) is 18.6 Å². The molecule has 0 heterocycles. The highest BCUT2D eigenvalue weighted by molar-refractivity contribution is 6.15. The van der Waals surface area contributed by atoms with Crippen molar-refractivity contribution in [2.45, 2.75) is 13.5 Å². The normalized spacial score (nSPS) is 11.4. The molecule has 3 nitrogen and oxygen atoms in total. The topological polar surface area (TPSA) is 47.6 Å². The molecule has 0 aromatic heterocycles. The molecular weight excluding hydrogens is 334 g/mol. The van der Waals surface area contributed by atoms with E-state index < -0.39 is 11.6 Å². The first-order valence-electron chi connectivity index (χ1n) is 8.10. The lowest BCUT2D eigenvalue weighted by atomic mass is 9.99. The van der Waals surface area contributed by atoms with E-state index in [0.717, 1.165) is 22.8 Å². The van der Waals surface area contributed by atoms with Crippen molar-refractivity contribution in [3.63, 3.8) is 0 Å². The van der Waals surface area contributed by atoms with Crippen LogP contribution < -0.4 is 5.73 Å². The predicted octanol–water partition coefficient (Wildman–Crippen LogP) is 4.82. The van der Waals surface area contributed by atoms with E-state index in [9.17, 15) is 8.78 Å². The van der Waals surface area contributed by atoms with Crippen molar-refractivity contribution in [1.82, 2.24) is 0 Å². The molecule has 0 aliphatic heterocycles. The van der Waals surface area contributed by atoms with E-state index in [4.69, 9.17) is 10.6 Å². The SMILES string of the molecule is Cc1ccc(N)c(/C(=N/OCc2ccc(F)cc2F)c2ccccc2)c1. The van der Waals surface area contributed by atoms with Crippen molar-refractivity contribution in [1.29, 1.82) is 0 Å². The molecule has 0 unspecified atom stereocenters. The van der Waals surface area contributed by atoms with Crippen LogP contribution in [0.25, 0.3) is 0 Å². The summed E-state index contributed by atoms with van der Waals surface area (Å²) in [6.45, 7) is 1.84. The standard InChI is InChI=1S/C21H18F2N2O/c1-14-7-10-20(24)18(11-14)21(15-5-3-2-4-6-15)25-26-13-16-8-9-17(22)12-19(16)23/h2-12H,13,24H2,1H3/b25-21+. The van der Waals surface area contributed by atoms with Gasteiger partial charge in [-0.25, -0.2) is 8.78 Å². The average Bonchev–Trinajstić information content (AvgIpc) is 2.63. The van der Waals surface area contributed by atoms with Gasteiger partial charge in [0.2, 0.25) is 0 Å². The van der Waals surface area contributed by atoms with Crippen molar-refractivity contribution in [2.75, 3.05) is 5.73 Å². The van der Waals surface area contributed by atoms with Crippen LogP contribution in [-0.4, -0.2) is 5.71 Å². The molecule has 5 heteroatoms. The molecule has 0 fully saturated rings. The molecule has 0 saturated heterocycles. The summed E-state index contributed by atoms with van der Waals surface area (Å²) in [5.74, 6) is -1.30. The second-order valence-electron chi connectivity index (χ2n) is 5.91. The Kier molecular flexibility index (Phi) is 5.27. The summed E-state index contributed by atoms with van der Waals surface area (Å²) in [6, 6.07) is 18.4. The lowest BCUT2D eigenvalue weighted by Gasteiger charge is -2.11. The van der Waals surface area contributed by atoms with Crippen LogP contribution in [-0.2, 0) is 11.4 Å². The van der Waals surface area contributed by atoms with E-state index in [2.05, 4.69) is 5.16 Å². The van der Waals surface area contributed by atoms with Crippen LogP contribution >= 0.6 is 0 Å². The van der Waals surface area contributed by atoms with Gasteiger partial charge < -0.3 is 10.6 Å². The molecule has 132 valence electrons. The number of benzene rings is 3.